The second kappa shape index (κ2) is 14.2. The highest BCUT2D eigenvalue weighted by Gasteiger charge is 2.15. The molecule has 1 amide bonds. The normalized spacial score (nSPS) is 11.9. The zero-order valence-corrected chi connectivity index (χ0v) is 14.3. The van der Waals surface area contributed by atoms with Crippen molar-refractivity contribution in [1.29, 1.82) is 0 Å². The number of rotatable bonds is 15. The van der Waals surface area contributed by atoms with Gasteiger partial charge in [-0.1, -0.05) is 44.9 Å². The number of ketones is 1. The Kier molecular flexibility index (Phi) is 13.3. The Balaban J connectivity index is 3.26. The molecule has 0 aliphatic rings. The van der Waals surface area contributed by atoms with Gasteiger partial charge in [0.2, 0.25) is 5.91 Å². The zero-order valence-electron chi connectivity index (χ0n) is 14.3. The molecular weight excluding hydrogens is 296 g/mol. The second-order valence-corrected chi connectivity index (χ2v) is 6.13. The third kappa shape index (κ3) is 15.2. The third-order valence-electron chi connectivity index (χ3n) is 3.75. The average molecular weight is 328 g/mol. The molecule has 23 heavy (non-hydrogen) atoms. The summed E-state index contributed by atoms with van der Waals surface area (Å²) in [5, 5.41) is 11.3. The maximum Gasteiger partial charge on any atom is 0.321 e. The van der Waals surface area contributed by atoms with E-state index in [9.17, 15) is 14.4 Å². The number of hydrogen-bond acceptors (Lipinski definition) is 4. The molecule has 6 nitrogen and oxygen atoms in total. The van der Waals surface area contributed by atoms with Gasteiger partial charge in [0, 0.05) is 13.0 Å². The topological polar surface area (TPSA) is 109 Å². The van der Waals surface area contributed by atoms with Crippen molar-refractivity contribution in [2.75, 3.05) is 6.54 Å². The van der Waals surface area contributed by atoms with Gasteiger partial charge in [-0.25, -0.2) is 0 Å². The third-order valence-corrected chi connectivity index (χ3v) is 3.75. The Bertz CT molecular complexity index is 359. The summed E-state index contributed by atoms with van der Waals surface area (Å²) < 4.78 is 0. The molecule has 4 N–H and O–H groups in total. The largest absolute Gasteiger partial charge is 0.480 e. The maximum absolute atomic E-state index is 11.4. The molecular formula is C17H32N2O4. The van der Waals surface area contributed by atoms with E-state index in [1.165, 1.54) is 25.7 Å². The van der Waals surface area contributed by atoms with E-state index in [0.717, 1.165) is 32.1 Å². The molecule has 134 valence electrons. The molecule has 1 atom stereocenters. The summed E-state index contributed by atoms with van der Waals surface area (Å²) in [7, 11) is 0. The van der Waals surface area contributed by atoms with E-state index in [2.05, 4.69) is 5.32 Å². The van der Waals surface area contributed by atoms with Gasteiger partial charge in [0.15, 0.2) is 0 Å². The van der Waals surface area contributed by atoms with Gasteiger partial charge in [-0.15, -0.1) is 0 Å². The minimum absolute atomic E-state index is 0.168. The van der Waals surface area contributed by atoms with Crippen molar-refractivity contribution in [2.24, 2.45) is 5.73 Å². The number of nitrogens with one attached hydrogen (secondary N) is 1. The fourth-order valence-electron chi connectivity index (χ4n) is 2.32. The van der Waals surface area contributed by atoms with Crippen LogP contribution >= 0.6 is 0 Å². The first-order valence-corrected chi connectivity index (χ1v) is 8.68. The number of amides is 1. The average Bonchev–Trinajstić information content (AvgIpc) is 2.47. The van der Waals surface area contributed by atoms with Gasteiger partial charge in [-0.2, -0.15) is 0 Å². The van der Waals surface area contributed by atoms with Crippen LogP contribution in [0.1, 0.15) is 77.6 Å². The number of unbranched alkanes of at least 4 members (excludes halogenated alkanes) is 8. The minimum Gasteiger partial charge on any atom is -0.480 e. The van der Waals surface area contributed by atoms with E-state index >= 15 is 0 Å². The van der Waals surface area contributed by atoms with Crippen molar-refractivity contribution >= 4 is 17.7 Å². The SMILES string of the molecule is CC(=O)CCCCCCCCCCCNC(=O)CC(N)C(=O)O. The number of nitrogens with two attached hydrogens (primary N) is 1. The summed E-state index contributed by atoms with van der Waals surface area (Å²) >= 11 is 0. The predicted molar refractivity (Wildman–Crippen MR) is 90.1 cm³/mol. The van der Waals surface area contributed by atoms with Crippen molar-refractivity contribution < 1.29 is 19.5 Å². The first-order chi connectivity index (χ1) is 10.9. The smallest absolute Gasteiger partial charge is 0.321 e. The first kappa shape index (κ1) is 21.6. The van der Waals surface area contributed by atoms with Gasteiger partial charge in [0.1, 0.15) is 11.8 Å². The lowest BCUT2D eigenvalue weighted by Crippen LogP contribution is -2.37. The van der Waals surface area contributed by atoms with Crippen LogP contribution in [0.4, 0.5) is 0 Å². The molecule has 0 saturated heterocycles. The van der Waals surface area contributed by atoms with E-state index in [1.54, 1.807) is 6.92 Å². The van der Waals surface area contributed by atoms with Crippen LogP contribution in [-0.2, 0) is 14.4 Å². The molecule has 0 spiro atoms. The number of carbonyl (C=O) groups is 3. The summed E-state index contributed by atoms with van der Waals surface area (Å²) in [5.74, 6) is -1.17. The molecule has 0 saturated carbocycles. The standard InChI is InChI=1S/C17H32N2O4/c1-14(20)11-9-7-5-3-2-4-6-8-10-12-19-16(21)13-15(18)17(22)23/h15H,2-13,18H2,1H3,(H,19,21)(H,22,23). The van der Waals surface area contributed by atoms with Crippen LogP contribution in [0, 0.1) is 0 Å². The molecule has 0 aromatic carbocycles. The van der Waals surface area contributed by atoms with Crippen LogP contribution in [0.2, 0.25) is 0 Å². The Morgan fingerprint density at radius 3 is 1.87 bits per heavy atom. The molecule has 0 aliphatic heterocycles. The molecule has 0 bridgehead atoms. The van der Waals surface area contributed by atoms with E-state index in [-0.39, 0.29) is 18.1 Å². The molecule has 0 rings (SSSR count). The Hall–Kier alpha value is -1.43. The number of carboxylic acids is 1. The highest BCUT2D eigenvalue weighted by atomic mass is 16.4. The van der Waals surface area contributed by atoms with Crippen molar-refractivity contribution in [3.05, 3.63) is 0 Å². The highest BCUT2D eigenvalue weighted by molar-refractivity contribution is 5.84. The van der Waals surface area contributed by atoms with Crippen LogP contribution < -0.4 is 11.1 Å². The Labute approximate surface area is 139 Å². The van der Waals surface area contributed by atoms with Crippen molar-refractivity contribution in [2.45, 2.75) is 83.6 Å². The zero-order chi connectivity index (χ0) is 17.5. The summed E-state index contributed by atoms with van der Waals surface area (Å²) in [6, 6.07) is -1.12. The molecule has 0 aliphatic carbocycles. The van der Waals surface area contributed by atoms with E-state index in [0.29, 0.717) is 13.0 Å². The monoisotopic (exact) mass is 328 g/mol. The summed E-state index contributed by atoms with van der Waals surface area (Å²) in [4.78, 5) is 32.7. The van der Waals surface area contributed by atoms with Crippen molar-refractivity contribution in [3.8, 4) is 0 Å². The van der Waals surface area contributed by atoms with Crippen molar-refractivity contribution in [3.63, 3.8) is 0 Å². The van der Waals surface area contributed by atoms with E-state index in [1.807, 2.05) is 0 Å². The fourth-order valence-corrected chi connectivity index (χ4v) is 2.32. The molecule has 6 heteroatoms. The van der Waals surface area contributed by atoms with Crippen molar-refractivity contribution in [1.82, 2.24) is 5.32 Å². The first-order valence-electron chi connectivity index (χ1n) is 8.68. The number of carboxylic acid groups (broad SMARTS) is 1. The highest BCUT2D eigenvalue weighted by Crippen LogP contribution is 2.10. The van der Waals surface area contributed by atoms with Crippen LogP contribution in [0.15, 0.2) is 0 Å². The molecule has 1 unspecified atom stereocenters. The van der Waals surface area contributed by atoms with Gasteiger partial charge >= 0.3 is 5.97 Å². The second-order valence-electron chi connectivity index (χ2n) is 6.13. The molecule has 0 heterocycles. The fraction of sp³-hybridized carbons (Fsp3) is 0.824. The number of aliphatic carboxylic acids is 1. The van der Waals surface area contributed by atoms with Crippen LogP contribution in [0.5, 0.6) is 0 Å². The Morgan fingerprint density at radius 2 is 1.39 bits per heavy atom. The van der Waals surface area contributed by atoms with Gasteiger partial charge in [-0.05, 0) is 19.8 Å². The summed E-state index contributed by atoms with van der Waals surface area (Å²) in [5.41, 5.74) is 5.28. The predicted octanol–water partition coefficient (Wildman–Crippen LogP) is 2.39. The summed E-state index contributed by atoms with van der Waals surface area (Å²) in [6.45, 7) is 2.22. The Morgan fingerprint density at radius 1 is 0.913 bits per heavy atom. The van der Waals surface area contributed by atoms with Crippen LogP contribution in [0.3, 0.4) is 0 Å². The number of Topliss-reactive ketones (excluding diaryl/α,β-unsaturated/α-hetero) is 1. The van der Waals surface area contributed by atoms with E-state index in [4.69, 9.17) is 10.8 Å². The molecule has 0 aromatic rings. The van der Waals surface area contributed by atoms with Gasteiger partial charge < -0.3 is 21.0 Å². The van der Waals surface area contributed by atoms with Gasteiger partial charge in [0.25, 0.3) is 0 Å². The van der Waals surface area contributed by atoms with Crippen LogP contribution in [0.25, 0.3) is 0 Å². The lowest BCUT2D eigenvalue weighted by atomic mass is 10.1. The lowest BCUT2D eigenvalue weighted by molar-refractivity contribution is -0.140. The van der Waals surface area contributed by atoms with Crippen LogP contribution in [-0.4, -0.2) is 35.4 Å². The van der Waals surface area contributed by atoms with E-state index < -0.39 is 12.0 Å². The number of carbonyl (C=O) groups excluding carboxylic acids is 2. The van der Waals surface area contributed by atoms with Gasteiger partial charge in [-0.3, -0.25) is 9.59 Å². The summed E-state index contributed by atoms with van der Waals surface area (Å²) in [6.07, 6.45) is 10.7. The molecule has 0 fully saturated rings. The molecule has 0 radical (unpaired) electrons. The maximum atomic E-state index is 11.4. The minimum atomic E-state index is -1.15. The quantitative estimate of drug-likeness (QED) is 0.400. The lowest BCUT2D eigenvalue weighted by Gasteiger charge is -2.07. The number of hydrogen-bond donors (Lipinski definition) is 3. The van der Waals surface area contributed by atoms with Gasteiger partial charge in [0.05, 0.1) is 6.42 Å². The molecule has 0 aromatic heterocycles.